The van der Waals surface area contributed by atoms with E-state index in [1.807, 2.05) is 24.1 Å². The zero-order valence-electron chi connectivity index (χ0n) is 16.7. The van der Waals surface area contributed by atoms with Crippen LogP contribution in [0.25, 0.3) is 0 Å². The SMILES string of the molecule is CCCN1CCC(NC(=NC)NCc2ccc(N3CCCC3=O)cc2)CC1. The van der Waals surface area contributed by atoms with E-state index in [1.165, 1.54) is 44.5 Å². The van der Waals surface area contributed by atoms with E-state index in [1.54, 1.807) is 0 Å². The molecule has 27 heavy (non-hydrogen) atoms. The molecule has 0 atom stereocenters. The van der Waals surface area contributed by atoms with Crippen molar-refractivity contribution >= 4 is 17.6 Å². The van der Waals surface area contributed by atoms with Gasteiger partial charge in [-0.1, -0.05) is 19.1 Å². The van der Waals surface area contributed by atoms with Crippen molar-refractivity contribution in [3.8, 4) is 0 Å². The Bertz CT molecular complexity index is 634. The summed E-state index contributed by atoms with van der Waals surface area (Å²) in [4.78, 5) is 20.6. The van der Waals surface area contributed by atoms with E-state index in [0.29, 0.717) is 12.5 Å². The number of hydrogen-bond donors (Lipinski definition) is 2. The molecular weight excluding hydrogens is 338 g/mol. The lowest BCUT2D eigenvalue weighted by atomic mass is 10.1. The highest BCUT2D eigenvalue weighted by atomic mass is 16.2. The molecule has 0 aromatic heterocycles. The van der Waals surface area contributed by atoms with E-state index in [2.05, 4.69) is 39.6 Å². The van der Waals surface area contributed by atoms with Crippen molar-refractivity contribution in [3.05, 3.63) is 29.8 Å². The molecule has 0 aliphatic carbocycles. The van der Waals surface area contributed by atoms with Gasteiger partial charge in [0.15, 0.2) is 5.96 Å². The normalized spacial score (nSPS) is 19.6. The number of rotatable bonds is 6. The lowest BCUT2D eigenvalue weighted by Gasteiger charge is -2.32. The van der Waals surface area contributed by atoms with Crippen LogP contribution in [0.5, 0.6) is 0 Å². The zero-order valence-corrected chi connectivity index (χ0v) is 16.7. The first-order valence-electron chi connectivity index (χ1n) is 10.3. The van der Waals surface area contributed by atoms with Gasteiger partial charge in [0.05, 0.1) is 0 Å². The number of benzene rings is 1. The van der Waals surface area contributed by atoms with Gasteiger partial charge in [0, 0.05) is 51.4 Å². The number of piperidine rings is 1. The summed E-state index contributed by atoms with van der Waals surface area (Å²) >= 11 is 0. The largest absolute Gasteiger partial charge is 0.354 e. The second kappa shape index (κ2) is 9.74. The van der Waals surface area contributed by atoms with Gasteiger partial charge in [-0.25, -0.2) is 0 Å². The van der Waals surface area contributed by atoms with Crippen LogP contribution in [0, 0.1) is 0 Å². The van der Waals surface area contributed by atoms with E-state index < -0.39 is 0 Å². The third kappa shape index (κ3) is 5.45. The summed E-state index contributed by atoms with van der Waals surface area (Å²) in [5, 5.41) is 6.97. The summed E-state index contributed by atoms with van der Waals surface area (Å²) in [6, 6.07) is 8.75. The molecule has 0 radical (unpaired) electrons. The van der Waals surface area contributed by atoms with E-state index in [9.17, 15) is 4.79 Å². The molecule has 0 bridgehead atoms. The monoisotopic (exact) mass is 371 g/mol. The van der Waals surface area contributed by atoms with Crippen LogP contribution in [0.1, 0.15) is 44.6 Å². The van der Waals surface area contributed by atoms with E-state index in [-0.39, 0.29) is 5.91 Å². The van der Waals surface area contributed by atoms with Gasteiger partial charge < -0.3 is 20.4 Å². The predicted molar refractivity (Wildman–Crippen MR) is 111 cm³/mol. The summed E-state index contributed by atoms with van der Waals surface area (Å²) in [6.45, 7) is 7.34. The minimum absolute atomic E-state index is 0.232. The highest BCUT2D eigenvalue weighted by Gasteiger charge is 2.21. The van der Waals surface area contributed by atoms with Crippen molar-refractivity contribution in [3.63, 3.8) is 0 Å². The number of aliphatic imine (C=N–C) groups is 1. The second-order valence-electron chi connectivity index (χ2n) is 7.50. The molecular formula is C21H33N5O. The molecule has 1 aromatic carbocycles. The van der Waals surface area contributed by atoms with E-state index >= 15 is 0 Å². The van der Waals surface area contributed by atoms with Crippen molar-refractivity contribution in [1.29, 1.82) is 0 Å². The van der Waals surface area contributed by atoms with Gasteiger partial charge in [0.1, 0.15) is 0 Å². The Labute approximate surface area is 163 Å². The number of anilines is 1. The third-order valence-electron chi connectivity index (χ3n) is 5.47. The molecule has 1 aromatic rings. The molecule has 2 saturated heterocycles. The van der Waals surface area contributed by atoms with Crippen LogP contribution < -0.4 is 15.5 Å². The Morgan fingerprint density at radius 3 is 2.52 bits per heavy atom. The number of amides is 1. The number of nitrogens with zero attached hydrogens (tertiary/aromatic N) is 3. The second-order valence-corrected chi connectivity index (χ2v) is 7.50. The highest BCUT2D eigenvalue weighted by Crippen LogP contribution is 2.21. The molecule has 0 spiro atoms. The smallest absolute Gasteiger partial charge is 0.227 e. The number of carbonyl (C=O) groups is 1. The standard InChI is InChI=1S/C21H33N5O/c1-3-12-25-14-10-18(11-15-25)24-21(22-2)23-16-17-6-8-19(9-7-17)26-13-4-5-20(26)27/h6-9,18H,3-5,10-16H2,1-2H3,(H2,22,23,24). The Kier molecular flexibility index (Phi) is 7.10. The summed E-state index contributed by atoms with van der Waals surface area (Å²) in [6.07, 6.45) is 5.19. The number of guanidine groups is 1. The molecule has 2 aliphatic heterocycles. The molecule has 0 unspecified atom stereocenters. The fourth-order valence-corrected chi connectivity index (χ4v) is 3.91. The lowest BCUT2D eigenvalue weighted by Crippen LogP contribution is -2.48. The van der Waals surface area contributed by atoms with Crippen molar-refractivity contribution in [1.82, 2.24) is 15.5 Å². The zero-order chi connectivity index (χ0) is 19.1. The van der Waals surface area contributed by atoms with Gasteiger partial charge in [0.25, 0.3) is 0 Å². The fourth-order valence-electron chi connectivity index (χ4n) is 3.91. The van der Waals surface area contributed by atoms with Crippen molar-refractivity contribution in [2.45, 2.75) is 51.6 Å². The first-order chi connectivity index (χ1) is 13.2. The molecule has 1 amide bonds. The van der Waals surface area contributed by atoms with Gasteiger partial charge in [-0.15, -0.1) is 0 Å². The maximum Gasteiger partial charge on any atom is 0.227 e. The van der Waals surface area contributed by atoms with Crippen molar-refractivity contribution in [2.75, 3.05) is 38.1 Å². The predicted octanol–water partition coefficient (Wildman–Crippen LogP) is 2.35. The molecule has 2 fully saturated rings. The molecule has 0 saturated carbocycles. The van der Waals surface area contributed by atoms with Gasteiger partial charge >= 0.3 is 0 Å². The third-order valence-corrected chi connectivity index (χ3v) is 5.47. The topological polar surface area (TPSA) is 60.0 Å². The molecule has 148 valence electrons. The molecule has 2 aliphatic rings. The van der Waals surface area contributed by atoms with Gasteiger partial charge in [-0.2, -0.15) is 0 Å². The Morgan fingerprint density at radius 2 is 1.93 bits per heavy atom. The van der Waals surface area contributed by atoms with Crippen LogP contribution >= 0.6 is 0 Å². The van der Waals surface area contributed by atoms with Crippen LogP contribution in [-0.4, -0.2) is 56.0 Å². The Morgan fingerprint density at radius 1 is 1.19 bits per heavy atom. The first kappa shape index (κ1) is 19.7. The van der Waals surface area contributed by atoms with E-state index in [0.717, 1.165) is 31.2 Å². The van der Waals surface area contributed by atoms with Gasteiger partial charge in [-0.3, -0.25) is 9.79 Å². The van der Waals surface area contributed by atoms with Gasteiger partial charge in [-0.05, 0) is 49.9 Å². The lowest BCUT2D eigenvalue weighted by molar-refractivity contribution is -0.117. The van der Waals surface area contributed by atoms with Crippen molar-refractivity contribution in [2.24, 2.45) is 4.99 Å². The van der Waals surface area contributed by atoms with Crippen LogP contribution in [0.4, 0.5) is 5.69 Å². The summed E-state index contributed by atoms with van der Waals surface area (Å²) in [7, 11) is 1.82. The summed E-state index contributed by atoms with van der Waals surface area (Å²) < 4.78 is 0. The highest BCUT2D eigenvalue weighted by molar-refractivity contribution is 5.95. The van der Waals surface area contributed by atoms with Crippen LogP contribution in [0.3, 0.4) is 0 Å². The molecule has 2 heterocycles. The maximum absolute atomic E-state index is 11.8. The minimum atomic E-state index is 0.232. The number of nitrogens with one attached hydrogen (secondary N) is 2. The van der Waals surface area contributed by atoms with Crippen LogP contribution in [0.15, 0.2) is 29.3 Å². The molecule has 2 N–H and O–H groups in total. The fraction of sp³-hybridized carbons (Fsp3) is 0.619. The average Bonchev–Trinajstić information content (AvgIpc) is 3.13. The van der Waals surface area contributed by atoms with Gasteiger partial charge in [0.2, 0.25) is 5.91 Å². The van der Waals surface area contributed by atoms with Crippen molar-refractivity contribution < 1.29 is 4.79 Å². The summed E-state index contributed by atoms with van der Waals surface area (Å²) in [5.74, 6) is 1.10. The number of carbonyl (C=O) groups excluding carboxylic acids is 1. The first-order valence-corrected chi connectivity index (χ1v) is 10.3. The molecule has 6 heteroatoms. The number of likely N-dealkylation sites (tertiary alicyclic amines) is 1. The van der Waals surface area contributed by atoms with Crippen LogP contribution in [0.2, 0.25) is 0 Å². The quantitative estimate of drug-likeness (QED) is 0.595. The van der Waals surface area contributed by atoms with Crippen LogP contribution in [-0.2, 0) is 11.3 Å². The Balaban J connectivity index is 1.45. The molecule has 3 rings (SSSR count). The minimum Gasteiger partial charge on any atom is -0.354 e. The number of hydrogen-bond acceptors (Lipinski definition) is 3. The summed E-state index contributed by atoms with van der Waals surface area (Å²) in [5.41, 5.74) is 2.19. The molecule has 6 nitrogen and oxygen atoms in total. The average molecular weight is 372 g/mol. The maximum atomic E-state index is 11.8. The Hall–Kier alpha value is -2.08. The van der Waals surface area contributed by atoms with E-state index in [4.69, 9.17) is 0 Å².